The number of nitrogens with one attached hydrogen (secondary N) is 2. The van der Waals surface area contributed by atoms with Crippen LogP contribution in [0.5, 0.6) is 0 Å². The van der Waals surface area contributed by atoms with Crippen molar-refractivity contribution in [2.45, 2.75) is 33.0 Å². The van der Waals surface area contributed by atoms with Crippen LogP contribution in [-0.2, 0) is 6.18 Å². The van der Waals surface area contributed by atoms with Crippen molar-refractivity contribution in [1.29, 1.82) is 0 Å². The van der Waals surface area contributed by atoms with Crippen LogP contribution in [0.1, 0.15) is 42.4 Å². The molecule has 6 nitrogen and oxygen atoms in total. The second-order valence-corrected chi connectivity index (χ2v) is 7.42. The van der Waals surface area contributed by atoms with E-state index in [2.05, 4.69) is 25.8 Å². The van der Waals surface area contributed by atoms with Crippen LogP contribution in [0.15, 0.2) is 53.9 Å². The molecule has 1 aromatic heterocycles. The summed E-state index contributed by atoms with van der Waals surface area (Å²) in [5, 5.41) is 6.42. The number of carbonyl (C=O) groups excluding carboxylic acids is 1. The van der Waals surface area contributed by atoms with E-state index in [-0.39, 0.29) is 11.1 Å². The highest BCUT2D eigenvalue weighted by atomic mass is 19.4. The fourth-order valence-corrected chi connectivity index (χ4v) is 3.18. The number of amides is 2. The molecule has 0 radical (unpaired) electrons. The molecule has 0 aliphatic heterocycles. The van der Waals surface area contributed by atoms with Gasteiger partial charge in [-0.1, -0.05) is 24.3 Å². The number of nitrogens with zero attached hydrogens (tertiary/aromatic N) is 3. The molecular formula is C23H20F5N5O. The van der Waals surface area contributed by atoms with E-state index in [1.165, 1.54) is 19.1 Å². The Morgan fingerprint density at radius 1 is 1.06 bits per heavy atom. The summed E-state index contributed by atoms with van der Waals surface area (Å²) >= 11 is 0. The van der Waals surface area contributed by atoms with Crippen molar-refractivity contribution in [3.05, 3.63) is 82.9 Å². The maximum atomic E-state index is 14.7. The Labute approximate surface area is 191 Å². The van der Waals surface area contributed by atoms with Crippen LogP contribution in [0.3, 0.4) is 0 Å². The van der Waals surface area contributed by atoms with E-state index < -0.39 is 41.0 Å². The zero-order valence-electron chi connectivity index (χ0n) is 18.3. The molecule has 2 amide bonds. The Hall–Kier alpha value is -3.89. The fraction of sp³-hybridized carbons (Fsp3) is 0.217. The van der Waals surface area contributed by atoms with Gasteiger partial charge in [-0.3, -0.25) is 0 Å². The first-order chi connectivity index (χ1) is 16.0. The lowest BCUT2D eigenvalue weighted by Crippen LogP contribution is -2.35. The lowest BCUT2D eigenvalue weighted by Gasteiger charge is -2.17. The smallest absolute Gasteiger partial charge is 0.330 e. The highest BCUT2D eigenvalue weighted by molar-refractivity contribution is 5.98. The molecule has 2 aromatic carbocycles. The molecule has 0 aliphatic carbocycles. The van der Waals surface area contributed by atoms with Gasteiger partial charge in [0.05, 0.1) is 17.3 Å². The lowest BCUT2D eigenvalue weighted by atomic mass is 9.96. The molecular weight excluding hydrogens is 457 g/mol. The van der Waals surface area contributed by atoms with E-state index >= 15 is 0 Å². The third kappa shape index (κ3) is 5.72. The number of alkyl halides is 3. The minimum absolute atomic E-state index is 0.0245. The summed E-state index contributed by atoms with van der Waals surface area (Å²) in [4.78, 5) is 20.2. The number of halogens is 5. The first-order valence-electron chi connectivity index (χ1n) is 10.0. The fourth-order valence-electron chi connectivity index (χ4n) is 3.18. The quantitative estimate of drug-likeness (QED) is 0.288. The molecule has 0 fully saturated rings. The highest BCUT2D eigenvalue weighted by Crippen LogP contribution is 2.39. The summed E-state index contributed by atoms with van der Waals surface area (Å²) in [6.45, 7) is 4.85. The molecule has 1 heterocycles. The van der Waals surface area contributed by atoms with Crippen molar-refractivity contribution in [2.75, 3.05) is 0 Å². The largest absolute Gasteiger partial charge is 0.419 e. The zero-order chi connectivity index (χ0) is 25.0. The van der Waals surface area contributed by atoms with Gasteiger partial charge >= 0.3 is 12.2 Å². The van der Waals surface area contributed by atoms with Crippen LogP contribution < -0.4 is 10.7 Å². The number of hydrogen-bond acceptors (Lipinski definition) is 4. The Morgan fingerprint density at radius 2 is 1.74 bits per heavy atom. The van der Waals surface area contributed by atoms with Crippen LogP contribution >= 0.6 is 0 Å². The van der Waals surface area contributed by atoms with Gasteiger partial charge in [-0.05, 0) is 44.0 Å². The lowest BCUT2D eigenvalue weighted by molar-refractivity contribution is -0.139. The van der Waals surface area contributed by atoms with Gasteiger partial charge < -0.3 is 5.32 Å². The first-order valence-corrected chi connectivity index (χ1v) is 10.0. The van der Waals surface area contributed by atoms with Gasteiger partial charge in [0, 0.05) is 23.5 Å². The summed E-state index contributed by atoms with van der Waals surface area (Å²) in [7, 11) is 0. The maximum Gasteiger partial charge on any atom is 0.419 e. The molecule has 178 valence electrons. The summed E-state index contributed by atoms with van der Waals surface area (Å²) in [5.74, 6) is -1.73. The molecule has 3 aromatic rings. The predicted molar refractivity (Wildman–Crippen MR) is 116 cm³/mol. The van der Waals surface area contributed by atoms with Crippen molar-refractivity contribution in [3.63, 3.8) is 0 Å². The van der Waals surface area contributed by atoms with Crippen LogP contribution in [0.4, 0.5) is 26.7 Å². The molecule has 0 bridgehead atoms. The summed E-state index contributed by atoms with van der Waals surface area (Å²) < 4.78 is 68.5. The molecule has 1 unspecified atom stereocenters. The number of aromatic nitrogens is 2. The average molecular weight is 477 g/mol. The summed E-state index contributed by atoms with van der Waals surface area (Å²) in [6.07, 6.45) is -1.86. The standard InChI is InChI=1S/C23H20F5N5O/c1-12(16-10-29-14(3)30-11-16)32-33-22(34)31-13(2)17-8-7-15(9-20(17)25)18-5-4-6-19(24)21(18)23(26,27)28/h4-11,13H,1-3H3,(H2,31,33,34)/b32-12-. The van der Waals surface area contributed by atoms with Gasteiger partial charge in [0.25, 0.3) is 0 Å². The van der Waals surface area contributed by atoms with E-state index in [1.54, 1.807) is 26.2 Å². The van der Waals surface area contributed by atoms with Gasteiger partial charge in [-0.2, -0.15) is 18.3 Å². The molecule has 0 saturated carbocycles. The van der Waals surface area contributed by atoms with Gasteiger partial charge in [0.2, 0.25) is 0 Å². The minimum Gasteiger partial charge on any atom is -0.330 e. The van der Waals surface area contributed by atoms with Crippen molar-refractivity contribution in [3.8, 4) is 11.1 Å². The number of urea groups is 1. The number of hydrazone groups is 1. The zero-order valence-corrected chi connectivity index (χ0v) is 18.3. The Morgan fingerprint density at radius 3 is 2.35 bits per heavy atom. The average Bonchev–Trinajstić information content (AvgIpc) is 2.76. The van der Waals surface area contributed by atoms with Gasteiger partial charge in [0.1, 0.15) is 17.5 Å². The summed E-state index contributed by atoms with van der Waals surface area (Å²) in [5.41, 5.74) is 1.23. The van der Waals surface area contributed by atoms with Crippen molar-refractivity contribution in [1.82, 2.24) is 20.7 Å². The van der Waals surface area contributed by atoms with Crippen molar-refractivity contribution >= 4 is 11.7 Å². The summed E-state index contributed by atoms with van der Waals surface area (Å²) in [6, 6.07) is 4.64. The Balaban J connectivity index is 1.74. The maximum absolute atomic E-state index is 14.7. The van der Waals surface area contributed by atoms with Gasteiger partial charge in [-0.25, -0.2) is 29.0 Å². The molecule has 11 heteroatoms. The second-order valence-electron chi connectivity index (χ2n) is 7.42. The van der Waals surface area contributed by atoms with Crippen LogP contribution in [0.25, 0.3) is 11.1 Å². The van der Waals surface area contributed by atoms with Gasteiger partial charge in [-0.15, -0.1) is 0 Å². The third-order valence-electron chi connectivity index (χ3n) is 4.95. The van der Waals surface area contributed by atoms with E-state index in [9.17, 15) is 26.7 Å². The second kappa shape index (κ2) is 9.94. The Bertz CT molecular complexity index is 1230. The van der Waals surface area contributed by atoms with Crippen molar-refractivity contribution in [2.24, 2.45) is 5.10 Å². The van der Waals surface area contributed by atoms with E-state index in [0.29, 0.717) is 23.2 Å². The normalized spacial score (nSPS) is 12.9. The van der Waals surface area contributed by atoms with Crippen LogP contribution in [0.2, 0.25) is 0 Å². The molecule has 0 aliphatic rings. The minimum atomic E-state index is -4.95. The molecule has 34 heavy (non-hydrogen) atoms. The molecule has 2 N–H and O–H groups in total. The molecule has 0 spiro atoms. The van der Waals surface area contributed by atoms with Crippen LogP contribution in [-0.4, -0.2) is 21.7 Å². The first kappa shape index (κ1) is 24.7. The van der Waals surface area contributed by atoms with E-state index in [4.69, 9.17) is 0 Å². The Kier molecular flexibility index (Phi) is 7.23. The highest BCUT2D eigenvalue weighted by Gasteiger charge is 2.37. The number of carbonyl (C=O) groups is 1. The van der Waals surface area contributed by atoms with E-state index in [1.807, 2.05) is 0 Å². The number of aryl methyl sites for hydroxylation is 1. The van der Waals surface area contributed by atoms with Crippen LogP contribution in [0, 0.1) is 18.6 Å². The monoisotopic (exact) mass is 477 g/mol. The van der Waals surface area contributed by atoms with Gasteiger partial charge in [0.15, 0.2) is 0 Å². The SMILES string of the molecule is C/C(=N/NC(=O)NC(C)c1ccc(-c2cccc(F)c2C(F)(F)F)cc1F)c1cnc(C)nc1. The number of hydrogen-bond donors (Lipinski definition) is 2. The van der Waals surface area contributed by atoms with Crippen molar-refractivity contribution < 1.29 is 26.7 Å². The topological polar surface area (TPSA) is 79.3 Å². The number of rotatable bonds is 5. The molecule has 1 atom stereocenters. The molecule has 0 saturated heterocycles. The van der Waals surface area contributed by atoms with E-state index in [0.717, 1.165) is 18.2 Å². The molecule has 3 rings (SSSR count). The predicted octanol–water partition coefficient (Wildman–Crippen LogP) is 5.53. The number of benzene rings is 2. The third-order valence-corrected chi connectivity index (χ3v) is 4.95.